The van der Waals surface area contributed by atoms with Gasteiger partial charge in [0.25, 0.3) is 0 Å². The van der Waals surface area contributed by atoms with Crippen molar-refractivity contribution in [1.82, 2.24) is 47.9 Å². The highest BCUT2D eigenvalue weighted by Gasteiger charge is 2.39. The van der Waals surface area contributed by atoms with E-state index in [1.165, 1.54) is 38.1 Å². The van der Waals surface area contributed by atoms with E-state index in [0.29, 0.717) is 12.0 Å². The molecule has 0 aliphatic carbocycles. The number of nitrogens with two attached hydrogens (primary N) is 3. The van der Waals surface area contributed by atoms with Gasteiger partial charge < -0.3 is 69.6 Å². The first kappa shape index (κ1) is 54.1. The van der Waals surface area contributed by atoms with Crippen molar-refractivity contribution in [3.63, 3.8) is 0 Å². The van der Waals surface area contributed by atoms with Gasteiger partial charge in [-0.15, -0.1) is 0 Å². The number of nitrogens with one attached hydrogen (secondary N) is 9. The van der Waals surface area contributed by atoms with Crippen molar-refractivity contribution in [2.75, 3.05) is 19.6 Å². The molecule has 10 amide bonds. The van der Waals surface area contributed by atoms with E-state index in [2.05, 4.69) is 47.9 Å². The van der Waals surface area contributed by atoms with Crippen LogP contribution >= 0.6 is 0 Å². The molecule has 1 heterocycles. The highest BCUT2D eigenvalue weighted by molar-refractivity contribution is 5.97. The molecule has 0 spiro atoms. The molecule has 358 valence electrons. The molecule has 25 heteroatoms. The average Bonchev–Trinajstić information content (AvgIpc) is 3.25. The number of phenols is 1. The minimum atomic E-state index is -2.04. The standard InChI is InChI=1S/C40H60N12O13/c1-5-21(2)33-38(65)52-40(20-54,13-12-28(41)56)18-45-26(15-29(42)57)36(63)49-25(35(62)47-22(3)34(61)51-39(4,19-53)46-16-30(43)58)10-11-31(59)44-17-32(60)48-27(37(64)50-33)14-23-6-8-24(55)9-7-23/h6-9,19-22,25-27,33,45-46,55H,5,10-18H2,1-4H3,(H2,41,56)(H2,42,57)(H2,43,58)(H,44,59)(H,47,62)(H,48,60)(H,49,63)(H,50,64)(H,51,61)(H,52,65). The second-order valence-electron chi connectivity index (χ2n) is 15.9. The Balaban J connectivity index is 2.63. The zero-order valence-electron chi connectivity index (χ0n) is 36.6. The highest BCUT2D eigenvalue weighted by atomic mass is 16.3. The van der Waals surface area contributed by atoms with Crippen LogP contribution in [0.3, 0.4) is 0 Å². The molecule has 8 unspecified atom stereocenters. The zero-order valence-corrected chi connectivity index (χ0v) is 36.6. The molecule has 1 saturated heterocycles. The molecule has 0 bridgehead atoms. The number of hydrogen-bond donors (Lipinski definition) is 13. The van der Waals surface area contributed by atoms with Gasteiger partial charge in [0, 0.05) is 25.8 Å². The maximum absolute atomic E-state index is 14.1. The lowest BCUT2D eigenvalue weighted by atomic mass is 9.91. The lowest BCUT2D eigenvalue weighted by Gasteiger charge is -2.34. The molecule has 1 aromatic rings. The Morgan fingerprint density at radius 2 is 1.54 bits per heavy atom. The smallest absolute Gasteiger partial charge is 0.244 e. The maximum atomic E-state index is 14.1. The van der Waals surface area contributed by atoms with Crippen molar-refractivity contribution < 1.29 is 62.6 Å². The molecule has 1 fully saturated rings. The summed E-state index contributed by atoms with van der Waals surface area (Å²) in [6, 6.07) is -1.80. The van der Waals surface area contributed by atoms with Gasteiger partial charge in [0.2, 0.25) is 59.1 Å². The highest BCUT2D eigenvalue weighted by Crippen LogP contribution is 2.17. The largest absolute Gasteiger partial charge is 0.508 e. The number of carbonyl (C=O) groups is 12. The Morgan fingerprint density at radius 3 is 2.11 bits per heavy atom. The van der Waals surface area contributed by atoms with Crippen molar-refractivity contribution in [3.8, 4) is 5.75 Å². The third-order valence-corrected chi connectivity index (χ3v) is 10.4. The number of phenolic OH excluding ortho intramolecular Hbond substituents is 1. The summed E-state index contributed by atoms with van der Waals surface area (Å²) in [5, 5.41) is 32.0. The molecule has 0 radical (unpaired) electrons. The molecular weight excluding hydrogens is 857 g/mol. The van der Waals surface area contributed by atoms with Gasteiger partial charge >= 0.3 is 0 Å². The number of aldehydes is 2. The fourth-order valence-corrected chi connectivity index (χ4v) is 6.25. The molecule has 1 aromatic carbocycles. The first-order valence-electron chi connectivity index (χ1n) is 20.6. The number of benzene rings is 1. The van der Waals surface area contributed by atoms with Crippen LogP contribution in [-0.2, 0) is 64.0 Å². The minimum absolute atomic E-state index is 0.0761. The Morgan fingerprint density at radius 1 is 0.892 bits per heavy atom. The van der Waals surface area contributed by atoms with Crippen LogP contribution in [0, 0.1) is 5.92 Å². The SMILES string of the molecule is CCC(C)C1NC(=O)C(Cc2ccc(O)cc2)NC(=O)CNC(=O)CCC(C(=O)NC(C)C(=O)NC(C)(C=O)NCC(N)=O)NC(=O)C(CC(N)=O)NCC(C=O)(CCC(N)=O)NC1=O. The summed E-state index contributed by atoms with van der Waals surface area (Å²) < 4.78 is 0. The third kappa shape index (κ3) is 18.3. The number of hydrogen-bond acceptors (Lipinski definition) is 15. The molecule has 0 aromatic heterocycles. The van der Waals surface area contributed by atoms with Crippen LogP contribution in [-0.4, -0.2) is 138 Å². The summed E-state index contributed by atoms with van der Waals surface area (Å²) in [4.78, 5) is 155. The fraction of sp³-hybridized carbons (Fsp3) is 0.550. The van der Waals surface area contributed by atoms with Gasteiger partial charge in [0.15, 0.2) is 6.29 Å². The van der Waals surface area contributed by atoms with Crippen LogP contribution in [0.1, 0.15) is 71.8 Å². The van der Waals surface area contributed by atoms with Gasteiger partial charge in [0.05, 0.1) is 25.6 Å². The van der Waals surface area contributed by atoms with E-state index in [9.17, 15) is 62.6 Å². The maximum Gasteiger partial charge on any atom is 0.244 e. The zero-order chi connectivity index (χ0) is 49.1. The van der Waals surface area contributed by atoms with E-state index < -0.39 is 158 Å². The number of amides is 10. The van der Waals surface area contributed by atoms with Gasteiger partial charge in [-0.25, -0.2) is 0 Å². The summed E-state index contributed by atoms with van der Waals surface area (Å²) in [5.74, 6) is -10.0. The van der Waals surface area contributed by atoms with E-state index in [0.717, 1.165) is 0 Å². The molecule has 2 rings (SSSR count). The number of rotatable bonds is 18. The van der Waals surface area contributed by atoms with Crippen molar-refractivity contribution in [1.29, 1.82) is 0 Å². The van der Waals surface area contributed by atoms with E-state index in [1.807, 2.05) is 0 Å². The van der Waals surface area contributed by atoms with Crippen LogP contribution in [0.4, 0.5) is 0 Å². The van der Waals surface area contributed by atoms with Crippen LogP contribution in [0.5, 0.6) is 5.75 Å². The Labute approximate surface area is 374 Å². The topological polar surface area (TPSA) is 411 Å². The van der Waals surface area contributed by atoms with E-state index >= 15 is 0 Å². The summed E-state index contributed by atoms with van der Waals surface area (Å²) in [5.41, 5.74) is 12.6. The van der Waals surface area contributed by atoms with Gasteiger partial charge in [0.1, 0.15) is 47.4 Å². The summed E-state index contributed by atoms with van der Waals surface area (Å²) in [6.07, 6.45) is -2.02. The van der Waals surface area contributed by atoms with Crippen molar-refractivity contribution in [2.45, 2.75) is 114 Å². The average molecular weight is 917 g/mol. The van der Waals surface area contributed by atoms with Crippen LogP contribution < -0.4 is 65.1 Å². The summed E-state index contributed by atoms with van der Waals surface area (Å²) in [7, 11) is 0. The molecule has 0 saturated carbocycles. The molecule has 1 aliphatic rings. The first-order valence-corrected chi connectivity index (χ1v) is 20.6. The first-order chi connectivity index (χ1) is 30.4. The molecule has 16 N–H and O–H groups in total. The van der Waals surface area contributed by atoms with Gasteiger partial charge in [-0.05, 0) is 50.3 Å². The Bertz CT molecular complexity index is 1950. The number of carbonyl (C=O) groups excluding carboxylic acids is 12. The van der Waals surface area contributed by atoms with Crippen LogP contribution in [0.25, 0.3) is 0 Å². The third-order valence-electron chi connectivity index (χ3n) is 10.4. The predicted molar refractivity (Wildman–Crippen MR) is 228 cm³/mol. The molecule has 1 aliphatic heterocycles. The van der Waals surface area contributed by atoms with Crippen LogP contribution in [0.15, 0.2) is 24.3 Å². The van der Waals surface area contributed by atoms with Crippen molar-refractivity contribution >= 4 is 71.6 Å². The Hall–Kier alpha value is -7.02. The fourth-order valence-electron chi connectivity index (χ4n) is 6.25. The van der Waals surface area contributed by atoms with Crippen LogP contribution in [0.2, 0.25) is 0 Å². The molecule has 25 nitrogen and oxygen atoms in total. The predicted octanol–water partition coefficient (Wildman–Crippen LogP) is -5.89. The summed E-state index contributed by atoms with van der Waals surface area (Å²) in [6.45, 7) is 3.90. The number of primary amides is 3. The van der Waals surface area contributed by atoms with Gasteiger partial charge in [-0.2, -0.15) is 0 Å². The van der Waals surface area contributed by atoms with Crippen molar-refractivity contribution in [3.05, 3.63) is 29.8 Å². The Kier molecular flexibility index (Phi) is 21.1. The second kappa shape index (κ2) is 25.3. The monoisotopic (exact) mass is 916 g/mol. The van der Waals surface area contributed by atoms with Crippen molar-refractivity contribution in [2.24, 2.45) is 23.1 Å². The van der Waals surface area contributed by atoms with E-state index in [-0.39, 0.29) is 24.7 Å². The molecular formula is C40H60N12O13. The lowest BCUT2D eigenvalue weighted by Crippen LogP contribution is -2.65. The van der Waals surface area contributed by atoms with Gasteiger partial charge in [-0.1, -0.05) is 32.4 Å². The van der Waals surface area contributed by atoms with Gasteiger partial charge in [-0.3, -0.25) is 58.1 Å². The molecule has 65 heavy (non-hydrogen) atoms. The number of aromatic hydroxyl groups is 1. The van der Waals surface area contributed by atoms with E-state index in [4.69, 9.17) is 17.2 Å². The second-order valence-corrected chi connectivity index (χ2v) is 15.9. The van der Waals surface area contributed by atoms with E-state index in [1.54, 1.807) is 13.8 Å². The summed E-state index contributed by atoms with van der Waals surface area (Å²) >= 11 is 0. The molecule has 8 atom stereocenters. The quantitative estimate of drug-likeness (QED) is 0.0482. The normalized spacial score (nSPS) is 23.5. The lowest BCUT2D eigenvalue weighted by molar-refractivity contribution is -0.135. The minimum Gasteiger partial charge on any atom is -0.508 e.